The van der Waals surface area contributed by atoms with E-state index < -0.39 is 11.4 Å². The molecular formula is C18H24N2O3S. The molecule has 2 N–H and O–H groups in total. The third kappa shape index (κ3) is 3.46. The number of carboxylic acid groups (broad SMARTS) is 1. The van der Waals surface area contributed by atoms with Gasteiger partial charge in [-0.1, -0.05) is 20.8 Å². The number of carboxylic acids is 1. The molecule has 130 valence electrons. The SMILES string of the molecule is CCC(CC)(CC(=O)Nc1sc2c(c1C#N)CC[C@H](C)C2)C(=O)O. The number of nitrogens with one attached hydrogen (secondary N) is 1. The third-order valence-corrected chi connectivity index (χ3v) is 6.35. The molecule has 0 fully saturated rings. The number of hydrogen-bond donors (Lipinski definition) is 2. The average molecular weight is 348 g/mol. The van der Waals surface area contributed by atoms with Gasteiger partial charge in [-0.05, 0) is 43.6 Å². The van der Waals surface area contributed by atoms with Gasteiger partial charge in [-0.15, -0.1) is 11.3 Å². The molecule has 1 atom stereocenters. The summed E-state index contributed by atoms with van der Waals surface area (Å²) in [6.45, 7) is 5.77. The Morgan fingerprint density at radius 1 is 1.42 bits per heavy atom. The third-order valence-electron chi connectivity index (χ3n) is 5.18. The summed E-state index contributed by atoms with van der Waals surface area (Å²) in [5.74, 6) is -0.683. The quantitative estimate of drug-likeness (QED) is 0.814. The Hall–Kier alpha value is -1.87. The highest BCUT2D eigenvalue weighted by Gasteiger charge is 2.37. The summed E-state index contributed by atoms with van der Waals surface area (Å²) in [5, 5.41) is 22.3. The molecule has 1 amide bonds. The smallest absolute Gasteiger partial charge is 0.310 e. The molecule has 1 aliphatic carbocycles. The molecule has 0 aromatic carbocycles. The summed E-state index contributed by atoms with van der Waals surface area (Å²) in [5.41, 5.74) is 0.581. The summed E-state index contributed by atoms with van der Waals surface area (Å²) in [4.78, 5) is 25.2. The summed E-state index contributed by atoms with van der Waals surface area (Å²) in [6, 6.07) is 2.22. The number of aliphatic carboxylic acids is 1. The van der Waals surface area contributed by atoms with Crippen LogP contribution in [0.15, 0.2) is 0 Å². The molecule has 0 radical (unpaired) electrons. The van der Waals surface area contributed by atoms with Crippen molar-refractivity contribution in [2.45, 2.75) is 59.3 Å². The Balaban J connectivity index is 2.21. The van der Waals surface area contributed by atoms with Crippen LogP contribution in [-0.2, 0) is 22.4 Å². The van der Waals surface area contributed by atoms with Gasteiger partial charge in [0.2, 0.25) is 5.91 Å². The van der Waals surface area contributed by atoms with Gasteiger partial charge < -0.3 is 10.4 Å². The molecule has 1 aromatic rings. The van der Waals surface area contributed by atoms with Gasteiger partial charge in [0.05, 0.1) is 11.0 Å². The minimum Gasteiger partial charge on any atom is -0.481 e. The summed E-state index contributed by atoms with van der Waals surface area (Å²) >= 11 is 1.47. The van der Waals surface area contributed by atoms with Gasteiger partial charge in [0.1, 0.15) is 11.1 Å². The molecular weight excluding hydrogens is 324 g/mol. The van der Waals surface area contributed by atoms with E-state index in [1.54, 1.807) is 13.8 Å². The van der Waals surface area contributed by atoms with Crippen molar-refractivity contribution in [3.05, 3.63) is 16.0 Å². The fraction of sp³-hybridized carbons (Fsp3) is 0.611. The van der Waals surface area contributed by atoms with Crippen LogP contribution in [0.4, 0.5) is 5.00 Å². The zero-order chi connectivity index (χ0) is 17.9. The average Bonchev–Trinajstić information content (AvgIpc) is 2.88. The van der Waals surface area contributed by atoms with Crippen molar-refractivity contribution in [3.63, 3.8) is 0 Å². The zero-order valence-corrected chi connectivity index (χ0v) is 15.3. The number of nitriles is 1. The Morgan fingerprint density at radius 3 is 2.62 bits per heavy atom. The predicted molar refractivity (Wildman–Crippen MR) is 94.1 cm³/mol. The molecule has 24 heavy (non-hydrogen) atoms. The fourth-order valence-corrected chi connectivity index (χ4v) is 4.69. The van der Waals surface area contributed by atoms with Gasteiger partial charge in [-0.2, -0.15) is 5.26 Å². The van der Waals surface area contributed by atoms with Crippen LogP contribution in [0.5, 0.6) is 0 Å². The number of carbonyl (C=O) groups is 2. The highest BCUT2D eigenvalue weighted by Crippen LogP contribution is 2.40. The largest absolute Gasteiger partial charge is 0.481 e. The van der Waals surface area contributed by atoms with E-state index in [0.29, 0.717) is 29.3 Å². The molecule has 0 spiro atoms. The van der Waals surface area contributed by atoms with Gasteiger partial charge >= 0.3 is 5.97 Å². The van der Waals surface area contributed by atoms with Crippen LogP contribution in [0.3, 0.4) is 0 Å². The number of amides is 1. The van der Waals surface area contributed by atoms with E-state index in [1.807, 2.05) is 0 Å². The minimum atomic E-state index is -1.04. The number of carbonyl (C=O) groups excluding carboxylic acids is 1. The second-order valence-corrected chi connectivity index (χ2v) is 7.79. The topological polar surface area (TPSA) is 90.2 Å². The van der Waals surface area contributed by atoms with Crippen molar-refractivity contribution in [2.24, 2.45) is 11.3 Å². The highest BCUT2D eigenvalue weighted by atomic mass is 32.1. The number of anilines is 1. The molecule has 0 unspecified atom stereocenters. The minimum absolute atomic E-state index is 0.0703. The van der Waals surface area contributed by atoms with Crippen LogP contribution >= 0.6 is 11.3 Å². The van der Waals surface area contributed by atoms with E-state index in [1.165, 1.54) is 16.2 Å². The fourth-order valence-electron chi connectivity index (χ4n) is 3.31. The molecule has 0 bridgehead atoms. The van der Waals surface area contributed by atoms with Gasteiger partial charge in [0.15, 0.2) is 0 Å². The Labute approximate surface area is 146 Å². The maximum Gasteiger partial charge on any atom is 0.310 e. The second-order valence-electron chi connectivity index (χ2n) is 6.69. The summed E-state index contributed by atoms with van der Waals surface area (Å²) in [7, 11) is 0. The molecule has 5 nitrogen and oxygen atoms in total. The Bertz CT molecular complexity index is 683. The monoisotopic (exact) mass is 348 g/mol. The summed E-state index contributed by atoms with van der Waals surface area (Å²) < 4.78 is 0. The Kier molecular flexibility index (Phi) is 5.66. The van der Waals surface area contributed by atoms with Crippen molar-refractivity contribution in [1.82, 2.24) is 0 Å². The number of rotatable bonds is 6. The molecule has 1 aliphatic rings. The van der Waals surface area contributed by atoms with Gasteiger partial charge in [0.25, 0.3) is 0 Å². The lowest BCUT2D eigenvalue weighted by atomic mass is 9.79. The van der Waals surface area contributed by atoms with E-state index >= 15 is 0 Å². The van der Waals surface area contributed by atoms with Crippen molar-refractivity contribution < 1.29 is 14.7 Å². The maximum absolute atomic E-state index is 12.4. The first-order valence-electron chi connectivity index (χ1n) is 8.44. The lowest BCUT2D eigenvalue weighted by Gasteiger charge is -2.25. The van der Waals surface area contributed by atoms with E-state index in [9.17, 15) is 20.0 Å². The van der Waals surface area contributed by atoms with E-state index in [-0.39, 0.29) is 12.3 Å². The highest BCUT2D eigenvalue weighted by molar-refractivity contribution is 7.16. The van der Waals surface area contributed by atoms with Crippen LogP contribution in [-0.4, -0.2) is 17.0 Å². The first-order valence-corrected chi connectivity index (χ1v) is 9.26. The molecule has 0 saturated carbocycles. The first kappa shape index (κ1) is 18.5. The van der Waals surface area contributed by atoms with Gasteiger partial charge in [-0.25, -0.2) is 0 Å². The summed E-state index contributed by atoms with van der Waals surface area (Å²) in [6.07, 6.45) is 3.59. The number of thiophene rings is 1. The normalized spacial score (nSPS) is 17.0. The Morgan fingerprint density at radius 2 is 2.08 bits per heavy atom. The van der Waals surface area contributed by atoms with Crippen LogP contribution < -0.4 is 5.32 Å². The lowest BCUT2D eigenvalue weighted by molar-refractivity contribution is -0.151. The van der Waals surface area contributed by atoms with Crippen molar-refractivity contribution in [2.75, 3.05) is 5.32 Å². The molecule has 6 heteroatoms. The van der Waals surface area contributed by atoms with Crippen molar-refractivity contribution in [3.8, 4) is 6.07 Å². The number of hydrogen-bond acceptors (Lipinski definition) is 4. The molecule has 0 saturated heterocycles. The molecule has 1 aromatic heterocycles. The zero-order valence-electron chi connectivity index (χ0n) is 14.4. The standard InChI is InChI=1S/C18H24N2O3S/c1-4-18(5-2,17(22)23)9-15(21)20-16-13(10-19)12-7-6-11(3)8-14(12)24-16/h11H,4-9H2,1-3H3,(H,20,21)(H,22,23)/t11-/m0/s1. The van der Waals surface area contributed by atoms with Gasteiger partial charge in [0, 0.05) is 11.3 Å². The van der Waals surface area contributed by atoms with Crippen molar-refractivity contribution in [1.29, 1.82) is 5.26 Å². The maximum atomic E-state index is 12.4. The van der Waals surface area contributed by atoms with E-state index in [2.05, 4.69) is 18.3 Å². The number of nitrogens with zero attached hydrogens (tertiary/aromatic N) is 1. The first-order chi connectivity index (χ1) is 11.4. The van der Waals surface area contributed by atoms with Crippen LogP contribution in [0.25, 0.3) is 0 Å². The molecule has 0 aliphatic heterocycles. The second kappa shape index (κ2) is 7.35. The van der Waals surface area contributed by atoms with Crippen LogP contribution in [0.2, 0.25) is 0 Å². The van der Waals surface area contributed by atoms with Crippen molar-refractivity contribution >= 4 is 28.2 Å². The lowest BCUT2D eigenvalue weighted by Crippen LogP contribution is -2.34. The van der Waals surface area contributed by atoms with E-state index in [0.717, 1.165) is 24.8 Å². The molecule has 1 heterocycles. The van der Waals surface area contributed by atoms with Crippen LogP contribution in [0, 0.1) is 22.7 Å². The van der Waals surface area contributed by atoms with Crippen LogP contribution in [0.1, 0.15) is 62.5 Å². The number of fused-ring (bicyclic) bond motifs is 1. The predicted octanol–water partition coefficient (Wildman–Crippen LogP) is 3.96. The van der Waals surface area contributed by atoms with Gasteiger partial charge in [-0.3, -0.25) is 9.59 Å². The van der Waals surface area contributed by atoms with E-state index in [4.69, 9.17) is 0 Å². The molecule has 2 rings (SSSR count).